The van der Waals surface area contributed by atoms with Crippen LogP contribution < -0.4 is 5.32 Å². The summed E-state index contributed by atoms with van der Waals surface area (Å²) in [6.07, 6.45) is 3.35. The van der Waals surface area contributed by atoms with E-state index < -0.39 is 0 Å². The summed E-state index contributed by atoms with van der Waals surface area (Å²) >= 11 is 1.88. The molecule has 1 aliphatic carbocycles. The zero-order chi connectivity index (χ0) is 11.8. The third kappa shape index (κ3) is 2.83. The molecule has 1 unspecified atom stereocenters. The van der Waals surface area contributed by atoms with E-state index in [2.05, 4.69) is 38.0 Å². The zero-order valence-electron chi connectivity index (χ0n) is 10.7. The number of nitrogens with zero attached hydrogens (tertiary/aromatic N) is 1. The Bertz CT molecular complexity index is 355. The van der Waals surface area contributed by atoms with Crippen molar-refractivity contribution < 1.29 is 0 Å². The summed E-state index contributed by atoms with van der Waals surface area (Å²) in [4.78, 5) is 5.92. The van der Waals surface area contributed by atoms with E-state index in [1.54, 1.807) is 0 Å². The predicted molar refractivity (Wildman–Crippen MR) is 69.8 cm³/mol. The lowest BCUT2D eigenvalue weighted by molar-refractivity contribution is 0.554. The van der Waals surface area contributed by atoms with Crippen molar-refractivity contribution in [1.29, 1.82) is 0 Å². The highest BCUT2D eigenvalue weighted by Crippen LogP contribution is 2.59. The van der Waals surface area contributed by atoms with Crippen molar-refractivity contribution in [1.82, 2.24) is 10.3 Å². The molecule has 1 saturated carbocycles. The number of rotatable bonds is 5. The molecule has 1 N–H and O–H groups in total. The van der Waals surface area contributed by atoms with Gasteiger partial charge in [0.05, 0.1) is 5.01 Å². The maximum atomic E-state index is 4.55. The largest absolute Gasteiger partial charge is 0.312 e. The van der Waals surface area contributed by atoms with Crippen LogP contribution in [0.25, 0.3) is 0 Å². The Morgan fingerprint density at radius 3 is 2.81 bits per heavy atom. The highest BCUT2D eigenvalue weighted by atomic mass is 32.1. The first-order valence-electron chi connectivity index (χ1n) is 6.14. The lowest BCUT2D eigenvalue weighted by atomic mass is 10.1. The molecule has 1 heterocycles. The van der Waals surface area contributed by atoms with Crippen LogP contribution in [0, 0.1) is 11.3 Å². The van der Waals surface area contributed by atoms with Gasteiger partial charge < -0.3 is 5.32 Å². The highest BCUT2D eigenvalue weighted by Gasteiger charge is 2.48. The van der Waals surface area contributed by atoms with Gasteiger partial charge in [-0.2, -0.15) is 0 Å². The third-order valence-corrected chi connectivity index (χ3v) is 4.35. The van der Waals surface area contributed by atoms with Crippen LogP contribution in [0.5, 0.6) is 0 Å². The van der Waals surface area contributed by atoms with Crippen molar-refractivity contribution in [2.24, 2.45) is 11.3 Å². The number of aromatic nitrogens is 1. The second-order valence-corrected chi connectivity index (χ2v) is 7.08. The normalized spacial score (nSPS) is 22.7. The molecule has 0 aliphatic heterocycles. The lowest BCUT2D eigenvalue weighted by Crippen LogP contribution is -2.18. The molecule has 1 aliphatic rings. The molecule has 1 atom stereocenters. The van der Waals surface area contributed by atoms with E-state index in [0.29, 0.717) is 5.41 Å². The van der Waals surface area contributed by atoms with Gasteiger partial charge in [-0.15, -0.1) is 11.3 Å². The van der Waals surface area contributed by atoms with Crippen molar-refractivity contribution in [3.05, 3.63) is 16.1 Å². The summed E-state index contributed by atoms with van der Waals surface area (Å²) in [5.74, 6) is 1.44. The fourth-order valence-corrected chi connectivity index (χ4v) is 3.14. The van der Waals surface area contributed by atoms with Crippen molar-refractivity contribution in [2.45, 2.75) is 46.6 Å². The summed E-state index contributed by atoms with van der Waals surface area (Å²) in [7, 11) is 0. The van der Waals surface area contributed by atoms with Gasteiger partial charge in [0.2, 0.25) is 0 Å². The van der Waals surface area contributed by atoms with Crippen molar-refractivity contribution >= 4 is 11.3 Å². The molecule has 0 bridgehead atoms. The number of hydrogen-bond acceptors (Lipinski definition) is 3. The fraction of sp³-hybridized carbons (Fsp3) is 0.769. The van der Waals surface area contributed by atoms with E-state index in [0.717, 1.165) is 24.9 Å². The average Bonchev–Trinajstić information content (AvgIpc) is 2.60. The summed E-state index contributed by atoms with van der Waals surface area (Å²) in [6, 6.07) is 0. The molecule has 1 aromatic heterocycles. The van der Waals surface area contributed by atoms with Gasteiger partial charge in [-0.05, 0) is 24.3 Å². The van der Waals surface area contributed by atoms with E-state index in [1.807, 2.05) is 17.5 Å². The molecule has 0 radical (unpaired) electrons. The third-order valence-electron chi connectivity index (χ3n) is 3.23. The molecule has 0 saturated heterocycles. The van der Waals surface area contributed by atoms with Crippen LogP contribution in [0.2, 0.25) is 0 Å². The Labute approximate surface area is 102 Å². The number of nitrogens with one attached hydrogen (secondary N) is 1. The Hall–Kier alpha value is -0.410. The van der Waals surface area contributed by atoms with Crippen molar-refractivity contribution in [2.75, 3.05) is 6.54 Å². The van der Waals surface area contributed by atoms with E-state index >= 15 is 0 Å². The van der Waals surface area contributed by atoms with Crippen LogP contribution >= 0.6 is 11.3 Å². The molecule has 0 amide bonds. The van der Waals surface area contributed by atoms with Gasteiger partial charge in [-0.25, -0.2) is 4.98 Å². The van der Waals surface area contributed by atoms with E-state index in [9.17, 15) is 0 Å². The minimum Gasteiger partial charge on any atom is -0.312 e. The van der Waals surface area contributed by atoms with E-state index in [1.165, 1.54) is 16.3 Å². The first kappa shape index (κ1) is 12.1. The maximum Gasteiger partial charge on any atom is 0.0964 e. The predicted octanol–water partition coefficient (Wildman–Crippen LogP) is 3.40. The second-order valence-electron chi connectivity index (χ2n) is 5.93. The zero-order valence-corrected chi connectivity index (χ0v) is 11.5. The van der Waals surface area contributed by atoms with Gasteiger partial charge in [-0.1, -0.05) is 27.7 Å². The molecule has 1 fully saturated rings. The SMILES string of the molecule is CC(C)CNCc1cnc(C2CC2(C)C)s1. The molecule has 2 rings (SSSR count). The van der Waals surface area contributed by atoms with Gasteiger partial charge in [-0.3, -0.25) is 0 Å². The highest BCUT2D eigenvalue weighted by molar-refractivity contribution is 7.11. The molecular formula is C13H22N2S. The first-order chi connectivity index (χ1) is 7.49. The fourth-order valence-electron chi connectivity index (χ4n) is 1.94. The molecular weight excluding hydrogens is 216 g/mol. The van der Waals surface area contributed by atoms with Gasteiger partial charge in [0.15, 0.2) is 0 Å². The summed E-state index contributed by atoms with van der Waals surface area (Å²) in [5.41, 5.74) is 0.500. The van der Waals surface area contributed by atoms with Crippen LogP contribution in [0.4, 0.5) is 0 Å². The summed E-state index contributed by atoms with van der Waals surface area (Å²) < 4.78 is 0. The van der Waals surface area contributed by atoms with E-state index in [4.69, 9.17) is 0 Å². The minimum atomic E-state index is 0.500. The summed E-state index contributed by atoms with van der Waals surface area (Å²) in [6.45, 7) is 11.2. The van der Waals surface area contributed by atoms with Crippen molar-refractivity contribution in [3.8, 4) is 0 Å². The standard InChI is InChI=1S/C13H22N2S/c1-9(2)6-14-7-10-8-15-12(16-10)11-5-13(11,3)4/h8-9,11,14H,5-7H2,1-4H3. The average molecular weight is 238 g/mol. The molecule has 90 valence electrons. The van der Waals surface area contributed by atoms with Crippen LogP contribution in [-0.4, -0.2) is 11.5 Å². The van der Waals surface area contributed by atoms with Crippen LogP contribution in [0.1, 0.15) is 49.9 Å². The molecule has 2 nitrogen and oxygen atoms in total. The van der Waals surface area contributed by atoms with Gasteiger partial charge in [0.25, 0.3) is 0 Å². The number of hydrogen-bond donors (Lipinski definition) is 1. The Kier molecular flexibility index (Phi) is 3.36. The lowest BCUT2D eigenvalue weighted by Gasteiger charge is -2.04. The molecule has 16 heavy (non-hydrogen) atoms. The van der Waals surface area contributed by atoms with Crippen LogP contribution in [0.3, 0.4) is 0 Å². The molecule has 1 aromatic rings. The minimum absolute atomic E-state index is 0.500. The Morgan fingerprint density at radius 1 is 1.56 bits per heavy atom. The van der Waals surface area contributed by atoms with Crippen molar-refractivity contribution in [3.63, 3.8) is 0 Å². The van der Waals surface area contributed by atoms with Crippen LogP contribution in [0.15, 0.2) is 6.20 Å². The number of thiazole rings is 1. The monoisotopic (exact) mass is 238 g/mol. The first-order valence-corrected chi connectivity index (χ1v) is 6.96. The maximum absolute atomic E-state index is 4.55. The van der Waals surface area contributed by atoms with Crippen LogP contribution in [-0.2, 0) is 6.54 Å². The smallest absolute Gasteiger partial charge is 0.0964 e. The van der Waals surface area contributed by atoms with Gasteiger partial charge >= 0.3 is 0 Å². The molecule has 0 spiro atoms. The summed E-state index contributed by atoms with van der Waals surface area (Å²) in [5, 5.41) is 4.80. The topological polar surface area (TPSA) is 24.9 Å². The van der Waals surface area contributed by atoms with Gasteiger partial charge in [0.1, 0.15) is 0 Å². The Morgan fingerprint density at radius 2 is 2.25 bits per heavy atom. The quantitative estimate of drug-likeness (QED) is 0.850. The van der Waals surface area contributed by atoms with E-state index in [-0.39, 0.29) is 0 Å². The molecule has 0 aromatic carbocycles. The molecule has 3 heteroatoms. The Balaban J connectivity index is 1.84. The van der Waals surface area contributed by atoms with Gasteiger partial charge in [0, 0.05) is 23.5 Å². The second kappa shape index (κ2) is 4.46.